The zero-order chi connectivity index (χ0) is 14.8. The van der Waals surface area contributed by atoms with Crippen molar-refractivity contribution >= 4 is 17.4 Å². The average molecular weight is 297 g/mol. The Labute approximate surface area is 129 Å². The zero-order valence-electron chi connectivity index (χ0n) is 12.6. The van der Waals surface area contributed by atoms with E-state index in [1.807, 2.05) is 25.2 Å². The topological polar surface area (TPSA) is 29.3 Å². The molecule has 0 fully saturated rings. The summed E-state index contributed by atoms with van der Waals surface area (Å²) in [5, 5.41) is 4.31. The van der Waals surface area contributed by atoms with Gasteiger partial charge < -0.3 is 9.72 Å². The summed E-state index contributed by atoms with van der Waals surface area (Å²) in [4.78, 5) is 6.04. The highest BCUT2D eigenvalue weighted by atomic mass is 32.2. The number of hydrogen-bond donors (Lipinski definition) is 1. The maximum Gasteiger partial charge on any atom is 0.138 e. The fourth-order valence-electron chi connectivity index (χ4n) is 2.45. The normalized spacial score (nSPS) is 11.2. The summed E-state index contributed by atoms with van der Waals surface area (Å²) in [5.41, 5.74) is 4.79. The van der Waals surface area contributed by atoms with Gasteiger partial charge >= 0.3 is 0 Å². The van der Waals surface area contributed by atoms with E-state index in [2.05, 4.69) is 48.0 Å². The van der Waals surface area contributed by atoms with Crippen LogP contribution in [0.4, 0.5) is 0 Å². The van der Waals surface area contributed by atoms with Gasteiger partial charge in [-0.3, -0.25) is 0 Å². The minimum atomic E-state index is 0.804. The van der Waals surface area contributed by atoms with Crippen LogP contribution >= 0.6 is 11.8 Å². The van der Waals surface area contributed by atoms with Crippen LogP contribution in [0.25, 0.3) is 5.65 Å². The lowest BCUT2D eigenvalue weighted by Gasteiger charge is -2.07. The molecule has 2 heterocycles. The second-order valence-corrected chi connectivity index (χ2v) is 6.22. The third kappa shape index (κ3) is 2.82. The second kappa shape index (κ2) is 5.92. The van der Waals surface area contributed by atoms with E-state index in [0.29, 0.717) is 0 Å². The summed E-state index contributed by atoms with van der Waals surface area (Å²) in [7, 11) is 1.97. The van der Waals surface area contributed by atoms with Crippen LogP contribution in [0.3, 0.4) is 0 Å². The van der Waals surface area contributed by atoms with E-state index in [1.54, 1.807) is 11.8 Å². The van der Waals surface area contributed by atoms with Crippen molar-refractivity contribution in [3.8, 4) is 0 Å². The van der Waals surface area contributed by atoms with Gasteiger partial charge in [0.25, 0.3) is 0 Å². The van der Waals surface area contributed by atoms with E-state index >= 15 is 0 Å². The predicted molar refractivity (Wildman–Crippen MR) is 88.0 cm³/mol. The third-order valence-corrected chi connectivity index (χ3v) is 4.67. The van der Waals surface area contributed by atoms with Crippen LogP contribution in [-0.2, 0) is 6.54 Å². The lowest BCUT2D eigenvalue weighted by Crippen LogP contribution is -2.08. The number of imidazole rings is 1. The summed E-state index contributed by atoms with van der Waals surface area (Å²) < 4.78 is 2.16. The number of nitrogens with zero attached hydrogens (tertiary/aromatic N) is 2. The molecule has 0 amide bonds. The molecule has 0 aliphatic heterocycles. The minimum Gasteiger partial charge on any atom is -0.314 e. The predicted octanol–water partition coefficient (Wildman–Crippen LogP) is 3.82. The molecule has 108 valence electrons. The molecule has 3 rings (SSSR count). The van der Waals surface area contributed by atoms with Crippen LogP contribution in [-0.4, -0.2) is 16.4 Å². The van der Waals surface area contributed by atoms with Crippen LogP contribution in [0, 0.1) is 13.8 Å². The molecule has 0 spiro atoms. The average Bonchev–Trinajstić information content (AvgIpc) is 2.81. The van der Waals surface area contributed by atoms with Gasteiger partial charge in [0.05, 0.1) is 5.69 Å². The number of aromatic nitrogens is 2. The van der Waals surface area contributed by atoms with Crippen LogP contribution in [0.1, 0.15) is 16.8 Å². The third-order valence-electron chi connectivity index (χ3n) is 3.47. The maximum atomic E-state index is 4.78. The summed E-state index contributed by atoms with van der Waals surface area (Å²) in [6, 6.07) is 12.7. The molecule has 0 saturated carbocycles. The van der Waals surface area contributed by atoms with Gasteiger partial charge in [0.1, 0.15) is 10.7 Å². The molecule has 1 aromatic carbocycles. The van der Waals surface area contributed by atoms with Gasteiger partial charge in [-0.15, -0.1) is 0 Å². The molecule has 3 nitrogen and oxygen atoms in total. The summed E-state index contributed by atoms with van der Waals surface area (Å²) in [6.07, 6.45) is 2.07. The van der Waals surface area contributed by atoms with Crippen molar-refractivity contribution in [2.24, 2.45) is 0 Å². The number of nitrogens with one attached hydrogen (secondary N) is 1. The Morgan fingerprint density at radius 1 is 1.19 bits per heavy atom. The fraction of sp³-hybridized carbons (Fsp3) is 0.235. The Morgan fingerprint density at radius 3 is 2.81 bits per heavy atom. The molecular formula is C17H19N3S. The molecule has 21 heavy (non-hydrogen) atoms. The molecule has 0 saturated heterocycles. The Morgan fingerprint density at radius 2 is 2.05 bits per heavy atom. The van der Waals surface area contributed by atoms with Gasteiger partial charge in [-0.2, -0.15) is 0 Å². The van der Waals surface area contributed by atoms with Crippen molar-refractivity contribution in [2.45, 2.75) is 30.3 Å². The monoisotopic (exact) mass is 297 g/mol. The van der Waals surface area contributed by atoms with Crippen molar-refractivity contribution in [3.63, 3.8) is 0 Å². The van der Waals surface area contributed by atoms with E-state index in [1.165, 1.54) is 21.7 Å². The number of rotatable bonds is 4. The fourth-order valence-corrected chi connectivity index (χ4v) is 3.44. The lowest BCUT2D eigenvalue weighted by molar-refractivity contribution is 0.764. The smallest absolute Gasteiger partial charge is 0.138 e. The van der Waals surface area contributed by atoms with Gasteiger partial charge in [0.2, 0.25) is 0 Å². The Hall–Kier alpha value is -1.78. The second-order valence-electron chi connectivity index (χ2n) is 5.19. The molecule has 4 heteroatoms. The van der Waals surface area contributed by atoms with Gasteiger partial charge in [-0.25, -0.2) is 4.98 Å². The van der Waals surface area contributed by atoms with Crippen molar-refractivity contribution in [3.05, 3.63) is 59.4 Å². The van der Waals surface area contributed by atoms with E-state index in [4.69, 9.17) is 4.98 Å². The number of pyridine rings is 1. The first-order valence-electron chi connectivity index (χ1n) is 7.04. The highest BCUT2D eigenvalue weighted by molar-refractivity contribution is 7.99. The van der Waals surface area contributed by atoms with E-state index in [9.17, 15) is 0 Å². The van der Waals surface area contributed by atoms with Crippen molar-refractivity contribution in [1.29, 1.82) is 0 Å². The number of fused-ring (bicyclic) bond motifs is 1. The van der Waals surface area contributed by atoms with Gasteiger partial charge in [0.15, 0.2) is 0 Å². The first-order chi connectivity index (χ1) is 10.2. The molecule has 0 atom stereocenters. The Bertz CT molecular complexity index is 777. The van der Waals surface area contributed by atoms with Crippen LogP contribution in [0.5, 0.6) is 0 Å². The molecule has 0 aliphatic carbocycles. The van der Waals surface area contributed by atoms with Crippen molar-refractivity contribution in [2.75, 3.05) is 7.05 Å². The molecule has 3 aromatic rings. The standard InChI is InChI=1S/C17H19N3S/c1-12-7-8-15(13(2)10-12)21-17-14(11-18-3)20-9-5-4-6-16(20)19-17/h4-10,18H,11H2,1-3H3. The summed E-state index contributed by atoms with van der Waals surface area (Å²) in [5.74, 6) is 0. The summed E-state index contributed by atoms with van der Waals surface area (Å²) >= 11 is 1.74. The highest BCUT2D eigenvalue weighted by Gasteiger charge is 2.13. The Balaban J connectivity index is 2.05. The number of hydrogen-bond acceptors (Lipinski definition) is 3. The molecule has 0 radical (unpaired) electrons. The zero-order valence-corrected chi connectivity index (χ0v) is 13.4. The maximum absolute atomic E-state index is 4.78. The quantitative estimate of drug-likeness (QED) is 0.794. The SMILES string of the molecule is CNCc1c(Sc2ccc(C)cc2C)nc2ccccn12. The number of benzene rings is 1. The molecular weight excluding hydrogens is 278 g/mol. The summed E-state index contributed by atoms with van der Waals surface area (Å²) in [6.45, 7) is 5.08. The van der Waals surface area contributed by atoms with E-state index in [-0.39, 0.29) is 0 Å². The Kier molecular flexibility index (Phi) is 3.99. The molecule has 0 unspecified atom stereocenters. The first kappa shape index (κ1) is 14.2. The van der Waals surface area contributed by atoms with E-state index in [0.717, 1.165) is 17.2 Å². The molecule has 1 N–H and O–H groups in total. The largest absolute Gasteiger partial charge is 0.314 e. The number of aryl methyl sites for hydroxylation is 2. The molecule has 2 aromatic heterocycles. The lowest BCUT2D eigenvalue weighted by atomic mass is 10.2. The van der Waals surface area contributed by atoms with Gasteiger partial charge in [-0.05, 0) is 44.7 Å². The van der Waals surface area contributed by atoms with Crippen LogP contribution in [0.15, 0.2) is 52.5 Å². The molecule has 0 aliphatic rings. The van der Waals surface area contributed by atoms with Crippen LogP contribution < -0.4 is 5.32 Å². The first-order valence-corrected chi connectivity index (χ1v) is 7.86. The van der Waals surface area contributed by atoms with Crippen LogP contribution in [0.2, 0.25) is 0 Å². The minimum absolute atomic E-state index is 0.804. The highest BCUT2D eigenvalue weighted by Crippen LogP contribution is 2.33. The van der Waals surface area contributed by atoms with Gasteiger partial charge in [0, 0.05) is 17.6 Å². The van der Waals surface area contributed by atoms with Crippen molar-refractivity contribution < 1.29 is 0 Å². The molecule has 0 bridgehead atoms. The van der Waals surface area contributed by atoms with E-state index < -0.39 is 0 Å². The van der Waals surface area contributed by atoms with Crippen molar-refractivity contribution in [1.82, 2.24) is 14.7 Å². The van der Waals surface area contributed by atoms with Gasteiger partial charge in [-0.1, -0.05) is 35.5 Å².